The van der Waals surface area contributed by atoms with Crippen LogP contribution in [0.2, 0.25) is 5.02 Å². The van der Waals surface area contributed by atoms with Gasteiger partial charge in [-0.1, -0.05) is 41.9 Å². The number of hydrogen-bond acceptors (Lipinski definition) is 5. The number of aromatic carboxylic acids is 1. The quantitative estimate of drug-likeness (QED) is 0.478. The Morgan fingerprint density at radius 1 is 1.07 bits per heavy atom. The van der Waals surface area contributed by atoms with Gasteiger partial charge in [-0.15, -0.1) is 0 Å². The van der Waals surface area contributed by atoms with Gasteiger partial charge in [-0.25, -0.2) is 14.8 Å². The molecular formula is C22H22ClN3O3. The van der Waals surface area contributed by atoms with Crippen molar-refractivity contribution in [2.75, 3.05) is 18.5 Å². The predicted octanol–water partition coefficient (Wildman–Crippen LogP) is 4.49. The molecule has 1 heterocycles. The van der Waals surface area contributed by atoms with Gasteiger partial charge in [-0.05, 0) is 49.1 Å². The van der Waals surface area contributed by atoms with Crippen LogP contribution in [0.15, 0.2) is 60.8 Å². The van der Waals surface area contributed by atoms with Crippen LogP contribution in [0.1, 0.15) is 28.0 Å². The minimum atomic E-state index is -1.02. The lowest BCUT2D eigenvalue weighted by atomic mass is 10.1. The lowest BCUT2D eigenvalue weighted by Crippen LogP contribution is -2.15. The molecule has 0 fully saturated rings. The summed E-state index contributed by atoms with van der Waals surface area (Å²) in [6.45, 7) is 0.896. The summed E-state index contributed by atoms with van der Waals surface area (Å²) in [5.41, 5.74) is 1.89. The van der Waals surface area contributed by atoms with Crippen molar-refractivity contribution in [3.63, 3.8) is 0 Å². The number of ether oxygens (including phenoxy) is 1. The molecule has 0 atom stereocenters. The summed E-state index contributed by atoms with van der Waals surface area (Å²) in [4.78, 5) is 20.0. The molecule has 0 amide bonds. The van der Waals surface area contributed by atoms with E-state index in [0.29, 0.717) is 36.2 Å². The number of rotatable bonds is 10. The Kier molecular flexibility index (Phi) is 7.41. The molecule has 0 radical (unpaired) electrons. The fraction of sp³-hybridized carbons (Fsp3) is 0.227. The number of anilines is 1. The second-order valence-electron chi connectivity index (χ2n) is 6.43. The van der Waals surface area contributed by atoms with Gasteiger partial charge in [-0.3, -0.25) is 0 Å². The summed E-state index contributed by atoms with van der Waals surface area (Å²) in [5, 5.41) is 13.1. The number of benzene rings is 2. The van der Waals surface area contributed by atoms with Crippen LogP contribution in [0, 0.1) is 0 Å². The first kappa shape index (κ1) is 20.6. The third kappa shape index (κ3) is 6.47. The molecule has 0 bridgehead atoms. The molecule has 2 N–H and O–H groups in total. The Hall–Kier alpha value is -3.12. The number of aromatic nitrogens is 2. The second-order valence-corrected chi connectivity index (χ2v) is 6.86. The zero-order valence-electron chi connectivity index (χ0n) is 15.8. The van der Waals surface area contributed by atoms with Crippen molar-refractivity contribution in [2.24, 2.45) is 0 Å². The number of hydrogen-bond donors (Lipinski definition) is 2. The number of carbonyl (C=O) groups is 1. The molecule has 2 aromatic carbocycles. The van der Waals surface area contributed by atoms with E-state index in [0.717, 1.165) is 18.6 Å². The topological polar surface area (TPSA) is 84.3 Å². The first-order valence-corrected chi connectivity index (χ1v) is 9.75. The summed E-state index contributed by atoms with van der Waals surface area (Å²) < 4.78 is 5.62. The highest BCUT2D eigenvalue weighted by Crippen LogP contribution is 2.16. The van der Waals surface area contributed by atoms with Crippen molar-refractivity contribution in [1.29, 1.82) is 0 Å². The summed E-state index contributed by atoms with van der Waals surface area (Å²) >= 11 is 5.85. The van der Waals surface area contributed by atoms with E-state index in [1.807, 2.05) is 18.2 Å². The van der Waals surface area contributed by atoms with Gasteiger partial charge in [0.1, 0.15) is 12.4 Å². The van der Waals surface area contributed by atoms with E-state index in [2.05, 4.69) is 27.4 Å². The van der Waals surface area contributed by atoms with E-state index in [1.165, 1.54) is 11.8 Å². The third-order valence-corrected chi connectivity index (χ3v) is 4.54. The monoisotopic (exact) mass is 411 g/mol. The molecule has 1 aromatic heterocycles. The lowest BCUT2D eigenvalue weighted by Gasteiger charge is -2.10. The van der Waals surface area contributed by atoms with Gasteiger partial charge in [0.05, 0.1) is 17.8 Å². The molecular weight excluding hydrogens is 390 g/mol. The number of carboxylic acid groups (broad SMARTS) is 1. The first-order chi connectivity index (χ1) is 14.1. The molecule has 0 unspecified atom stereocenters. The van der Waals surface area contributed by atoms with Crippen molar-refractivity contribution in [3.8, 4) is 5.75 Å². The van der Waals surface area contributed by atoms with Gasteiger partial charge in [0, 0.05) is 11.2 Å². The largest absolute Gasteiger partial charge is 0.492 e. The van der Waals surface area contributed by atoms with Crippen molar-refractivity contribution >= 4 is 23.5 Å². The van der Waals surface area contributed by atoms with Gasteiger partial charge >= 0.3 is 5.97 Å². The normalized spacial score (nSPS) is 10.5. The number of nitrogens with zero attached hydrogens (tertiary/aromatic N) is 2. The zero-order valence-corrected chi connectivity index (χ0v) is 16.6. The molecule has 6 nitrogen and oxygen atoms in total. The fourth-order valence-electron chi connectivity index (χ4n) is 2.84. The van der Waals surface area contributed by atoms with Crippen LogP contribution in [0.25, 0.3) is 0 Å². The zero-order chi connectivity index (χ0) is 20.5. The molecule has 0 aliphatic heterocycles. The maximum atomic E-state index is 11.5. The van der Waals surface area contributed by atoms with Gasteiger partial charge in [0.15, 0.2) is 0 Å². The highest BCUT2D eigenvalue weighted by Gasteiger charge is 2.13. The van der Waals surface area contributed by atoms with E-state index in [4.69, 9.17) is 16.3 Å². The van der Waals surface area contributed by atoms with Crippen LogP contribution < -0.4 is 10.1 Å². The van der Waals surface area contributed by atoms with E-state index in [-0.39, 0.29) is 5.56 Å². The standard InChI is InChI=1S/C22H22ClN3O3/c23-17-9-11-18(12-10-17)29-14-13-24-22-25-15-19(21(27)28)20(26-22)8-4-7-16-5-2-1-3-6-16/h1-3,5-6,9-12,15H,4,7-8,13-14H2,(H,27,28)(H,24,25,26). The van der Waals surface area contributed by atoms with E-state index >= 15 is 0 Å². The number of halogens is 1. The average Bonchev–Trinajstić information content (AvgIpc) is 2.73. The Labute approximate surface area is 174 Å². The van der Waals surface area contributed by atoms with Crippen LogP contribution in [0.5, 0.6) is 5.75 Å². The maximum absolute atomic E-state index is 11.5. The molecule has 0 saturated heterocycles. The minimum Gasteiger partial charge on any atom is -0.492 e. The number of aryl methyl sites for hydroxylation is 2. The highest BCUT2D eigenvalue weighted by atomic mass is 35.5. The van der Waals surface area contributed by atoms with Crippen LogP contribution in [-0.2, 0) is 12.8 Å². The van der Waals surface area contributed by atoms with Crippen molar-refractivity contribution in [2.45, 2.75) is 19.3 Å². The van der Waals surface area contributed by atoms with Gasteiger partial charge in [0.2, 0.25) is 5.95 Å². The van der Waals surface area contributed by atoms with E-state index in [9.17, 15) is 9.90 Å². The highest BCUT2D eigenvalue weighted by molar-refractivity contribution is 6.30. The minimum absolute atomic E-state index is 0.140. The molecule has 0 spiro atoms. The molecule has 3 rings (SSSR count). The third-order valence-electron chi connectivity index (χ3n) is 4.29. The van der Waals surface area contributed by atoms with Crippen molar-refractivity contribution in [1.82, 2.24) is 9.97 Å². The Bertz CT molecular complexity index is 934. The summed E-state index contributed by atoms with van der Waals surface area (Å²) in [6, 6.07) is 17.2. The van der Waals surface area contributed by atoms with Crippen molar-refractivity contribution in [3.05, 3.63) is 82.6 Å². The van der Waals surface area contributed by atoms with Crippen LogP contribution in [-0.4, -0.2) is 34.2 Å². The van der Waals surface area contributed by atoms with Gasteiger partial charge in [-0.2, -0.15) is 0 Å². The fourth-order valence-corrected chi connectivity index (χ4v) is 2.96. The summed E-state index contributed by atoms with van der Waals surface area (Å²) in [7, 11) is 0. The summed E-state index contributed by atoms with van der Waals surface area (Å²) in [5.74, 6) is 0.0988. The van der Waals surface area contributed by atoms with E-state index < -0.39 is 5.97 Å². The molecule has 7 heteroatoms. The Morgan fingerprint density at radius 3 is 2.55 bits per heavy atom. The first-order valence-electron chi connectivity index (χ1n) is 9.37. The predicted molar refractivity (Wildman–Crippen MR) is 113 cm³/mol. The molecule has 3 aromatic rings. The smallest absolute Gasteiger partial charge is 0.339 e. The SMILES string of the molecule is O=C(O)c1cnc(NCCOc2ccc(Cl)cc2)nc1CCCc1ccccc1. The number of carboxylic acids is 1. The lowest BCUT2D eigenvalue weighted by molar-refractivity contribution is 0.0694. The second kappa shape index (κ2) is 10.4. The Balaban J connectivity index is 1.54. The van der Waals surface area contributed by atoms with E-state index in [1.54, 1.807) is 24.3 Å². The van der Waals surface area contributed by atoms with Crippen LogP contribution in [0.3, 0.4) is 0 Å². The van der Waals surface area contributed by atoms with Crippen LogP contribution >= 0.6 is 11.6 Å². The number of nitrogens with one attached hydrogen (secondary N) is 1. The van der Waals surface area contributed by atoms with Gasteiger partial charge in [0.25, 0.3) is 0 Å². The molecule has 150 valence electrons. The Morgan fingerprint density at radius 2 is 1.83 bits per heavy atom. The molecule has 29 heavy (non-hydrogen) atoms. The van der Waals surface area contributed by atoms with Crippen molar-refractivity contribution < 1.29 is 14.6 Å². The maximum Gasteiger partial charge on any atom is 0.339 e. The molecule has 0 saturated carbocycles. The average molecular weight is 412 g/mol. The van der Waals surface area contributed by atoms with Gasteiger partial charge < -0.3 is 15.2 Å². The van der Waals surface area contributed by atoms with Crippen LogP contribution in [0.4, 0.5) is 5.95 Å². The molecule has 0 aliphatic carbocycles. The summed E-state index contributed by atoms with van der Waals surface area (Å²) in [6.07, 6.45) is 3.59. The molecule has 0 aliphatic rings.